The molecule has 4 rings (SSSR count). The number of urea groups is 1. The summed E-state index contributed by atoms with van der Waals surface area (Å²) in [6.45, 7) is 1.41. The Morgan fingerprint density at radius 1 is 1.19 bits per heavy atom. The number of hydrogen-bond acceptors (Lipinski definition) is 6. The van der Waals surface area contributed by atoms with Gasteiger partial charge in [0.05, 0.1) is 5.69 Å². The van der Waals surface area contributed by atoms with E-state index in [2.05, 4.69) is 20.4 Å². The predicted molar refractivity (Wildman–Crippen MR) is 90.4 cm³/mol. The number of nitrogens with zero attached hydrogens (tertiary/aromatic N) is 4. The molecule has 3 aromatic rings. The van der Waals surface area contributed by atoms with E-state index in [9.17, 15) is 14.0 Å². The molecule has 1 atom stereocenters. The maximum atomic E-state index is 13.0. The van der Waals surface area contributed by atoms with Crippen molar-refractivity contribution in [1.29, 1.82) is 0 Å². The summed E-state index contributed by atoms with van der Waals surface area (Å²) < 4.78 is 18.2. The van der Waals surface area contributed by atoms with Gasteiger partial charge in [-0.15, -0.1) is 0 Å². The fourth-order valence-electron chi connectivity index (χ4n) is 2.84. The van der Waals surface area contributed by atoms with Gasteiger partial charge in [0.25, 0.3) is 5.91 Å². The molecule has 1 unspecified atom stereocenters. The third kappa shape index (κ3) is 2.92. The van der Waals surface area contributed by atoms with Crippen molar-refractivity contribution in [1.82, 2.24) is 25.3 Å². The number of imide groups is 1. The summed E-state index contributed by atoms with van der Waals surface area (Å²) in [5.41, 5.74) is -0.275. The van der Waals surface area contributed by atoms with Crippen LogP contribution < -0.4 is 5.32 Å². The zero-order valence-electron chi connectivity index (χ0n) is 14.2. The highest BCUT2D eigenvalue weighted by atomic mass is 19.1. The Hall–Kier alpha value is -3.62. The first-order chi connectivity index (χ1) is 13.0. The Balaban J connectivity index is 1.56. The minimum Gasteiger partial charge on any atom is -0.337 e. The Morgan fingerprint density at radius 2 is 1.96 bits per heavy atom. The molecule has 8 nitrogen and oxygen atoms in total. The molecule has 1 saturated heterocycles. The number of pyridine rings is 1. The fraction of sp³-hybridized carbons (Fsp3) is 0.167. The third-order valence-corrected chi connectivity index (χ3v) is 4.32. The van der Waals surface area contributed by atoms with Crippen LogP contribution in [-0.4, -0.2) is 32.0 Å². The Bertz CT molecular complexity index is 1010. The molecule has 0 saturated carbocycles. The van der Waals surface area contributed by atoms with Gasteiger partial charge in [-0.25, -0.2) is 9.18 Å². The van der Waals surface area contributed by atoms with Gasteiger partial charge < -0.3 is 9.84 Å². The zero-order chi connectivity index (χ0) is 19.0. The standard InChI is InChI=1S/C18H14FN5O3/c1-18(13-4-2-3-9-20-13)16(25)24(17(26)22-18)10-14-21-15(23-27-14)11-5-7-12(19)8-6-11/h2-9H,10H2,1H3,(H,22,26). The average Bonchev–Trinajstić information content (AvgIpc) is 3.23. The number of hydrogen-bond donors (Lipinski definition) is 1. The summed E-state index contributed by atoms with van der Waals surface area (Å²) in [6, 6.07) is 10.1. The second-order valence-electron chi connectivity index (χ2n) is 6.18. The Labute approximate surface area is 153 Å². The van der Waals surface area contributed by atoms with Crippen LogP contribution in [0.2, 0.25) is 0 Å². The summed E-state index contributed by atoms with van der Waals surface area (Å²) in [5, 5.41) is 6.47. The summed E-state index contributed by atoms with van der Waals surface area (Å²) in [6.07, 6.45) is 1.55. The molecule has 0 radical (unpaired) electrons. The molecule has 136 valence electrons. The first-order valence-corrected chi connectivity index (χ1v) is 8.11. The first-order valence-electron chi connectivity index (χ1n) is 8.11. The van der Waals surface area contributed by atoms with Crippen LogP contribution in [0.1, 0.15) is 18.5 Å². The Kier molecular flexibility index (Phi) is 3.91. The highest BCUT2D eigenvalue weighted by Gasteiger charge is 2.50. The van der Waals surface area contributed by atoms with E-state index < -0.39 is 17.5 Å². The number of rotatable bonds is 4. The van der Waals surface area contributed by atoms with Gasteiger partial charge in [0.15, 0.2) is 5.54 Å². The molecular weight excluding hydrogens is 353 g/mol. The van der Waals surface area contributed by atoms with E-state index in [4.69, 9.17) is 4.52 Å². The molecule has 2 aromatic heterocycles. The van der Waals surface area contributed by atoms with Crippen LogP contribution in [0.15, 0.2) is 53.2 Å². The SMILES string of the molecule is CC1(c2ccccn2)NC(=O)N(Cc2nc(-c3ccc(F)cc3)no2)C1=O. The molecule has 9 heteroatoms. The van der Waals surface area contributed by atoms with E-state index in [0.29, 0.717) is 11.3 Å². The normalized spacial score (nSPS) is 19.4. The van der Waals surface area contributed by atoms with Gasteiger partial charge >= 0.3 is 6.03 Å². The van der Waals surface area contributed by atoms with Crippen LogP contribution in [0.5, 0.6) is 0 Å². The average molecular weight is 367 g/mol. The summed E-state index contributed by atoms with van der Waals surface area (Å²) in [4.78, 5) is 34.5. The third-order valence-electron chi connectivity index (χ3n) is 4.32. The van der Waals surface area contributed by atoms with Gasteiger partial charge in [-0.2, -0.15) is 4.98 Å². The largest absolute Gasteiger partial charge is 0.337 e. The maximum absolute atomic E-state index is 13.0. The molecule has 3 heterocycles. The van der Waals surface area contributed by atoms with Crippen molar-refractivity contribution >= 4 is 11.9 Å². The minimum absolute atomic E-state index is 0.0862. The van der Waals surface area contributed by atoms with Crippen molar-refractivity contribution in [3.05, 3.63) is 66.1 Å². The van der Waals surface area contributed by atoms with Crippen LogP contribution in [0.4, 0.5) is 9.18 Å². The van der Waals surface area contributed by atoms with Gasteiger partial charge in [0.1, 0.15) is 12.4 Å². The van der Waals surface area contributed by atoms with E-state index >= 15 is 0 Å². The lowest BCUT2D eigenvalue weighted by molar-refractivity contribution is -0.131. The van der Waals surface area contributed by atoms with E-state index in [1.54, 1.807) is 31.3 Å². The summed E-state index contributed by atoms with van der Waals surface area (Å²) >= 11 is 0. The van der Waals surface area contributed by atoms with E-state index in [-0.39, 0.29) is 24.1 Å². The fourth-order valence-corrected chi connectivity index (χ4v) is 2.84. The molecule has 0 spiro atoms. The lowest BCUT2D eigenvalue weighted by Gasteiger charge is -2.20. The van der Waals surface area contributed by atoms with E-state index in [1.165, 1.54) is 24.3 Å². The quantitative estimate of drug-likeness (QED) is 0.710. The lowest BCUT2D eigenvalue weighted by atomic mass is 9.97. The maximum Gasteiger partial charge on any atom is 0.325 e. The predicted octanol–water partition coefficient (Wildman–Crippen LogP) is 2.24. The number of carbonyl (C=O) groups is 2. The van der Waals surface area contributed by atoms with Crippen LogP contribution in [0, 0.1) is 5.82 Å². The highest BCUT2D eigenvalue weighted by molar-refractivity contribution is 6.06. The minimum atomic E-state index is -1.27. The van der Waals surface area contributed by atoms with Gasteiger partial charge in [-0.1, -0.05) is 11.2 Å². The van der Waals surface area contributed by atoms with Crippen LogP contribution in [0.3, 0.4) is 0 Å². The molecule has 1 aromatic carbocycles. The lowest BCUT2D eigenvalue weighted by Crippen LogP contribution is -2.41. The van der Waals surface area contributed by atoms with Gasteiger partial charge in [0.2, 0.25) is 11.7 Å². The smallest absolute Gasteiger partial charge is 0.325 e. The monoisotopic (exact) mass is 367 g/mol. The van der Waals surface area contributed by atoms with Gasteiger partial charge in [-0.3, -0.25) is 14.7 Å². The van der Waals surface area contributed by atoms with Gasteiger partial charge in [0, 0.05) is 11.8 Å². The Morgan fingerprint density at radius 3 is 2.67 bits per heavy atom. The molecule has 0 aliphatic carbocycles. The van der Waals surface area contributed by atoms with Gasteiger partial charge in [-0.05, 0) is 43.3 Å². The molecule has 27 heavy (non-hydrogen) atoms. The second kappa shape index (κ2) is 6.27. The van der Waals surface area contributed by atoms with Crippen molar-refractivity contribution in [3.63, 3.8) is 0 Å². The number of nitrogens with one attached hydrogen (secondary N) is 1. The van der Waals surface area contributed by atoms with Crippen LogP contribution >= 0.6 is 0 Å². The molecule has 1 fully saturated rings. The molecule has 3 amide bonds. The molecular formula is C18H14FN5O3. The molecule has 1 aliphatic heterocycles. The number of aromatic nitrogens is 3. The van der Waals surface area contributed by atoms with E-state index in [1.807, 2.05) is 0 Å². The number of amides is 3. The van der Waals surface area contributed by atoms with Crippen molar-refractivity contribution < 1.29 is 18.5 Å². The molecule has 1 aliphatic rings. The van der Waals surface area contributed by atoms with Crippen molar-refractivity contribution in [2.24, 2.45) is 0 Å². The number of halogens is 1. The van der Waals surface area contributed by atoms with Crippen LogP contribution in [-0.2, 0) is 16.9 Å². The first kappa shape index (κ1) is 16.8. The van der Waals surface area contributed by atoms with Crippen molar-refractivity contribution in [2.75, 3.05) is 0 Å². The van der Waals surface area contributed by atoms with Crippen molar-refractivity contribution in [3.8, 4) is 11.4 Å². The molecule has 1 N–H and O–H groups in total. The number of carbonyl (C=O) groups excluding carboxylic acids is 2. The second-order valence-corrected chi connectivity index (χ2v) is 6.18. The summed E-state index contributed by atoms with van der Waals surface area (Å²) in [5.74, 6) is -0.518. The highest BCUT2D eigenvalue weighted by Crippen LogP contribution is 2.28. The van der Waals surface area contributed by atoms with Crippen molar-refractivity contribution in [2.45, 2.75) is 19.0 Å². The van der Waals surface area contributed by atoms with E-state index in [0.717, 1.165) is 4.90 Å². The summed E-state index contributed by atoms with van der Waals surface area (Å²) in [7, 11) is 0. The number of benzene rings is 1. The topological polar surface area (TPSA) is 101 Å². The molecule has 0 bridgehead atoms. The van der Waals surface area contributed by atoms with Crippen LogP contribution in [0.25, 0.3) is 11.4 Å². The zero-order valence-corrected chi connectivity index (χ0v) is 14.2.